The van der Waals surface area contributed by atoms with Gasteiger partial charge in [-0.2, -0.15) is 4.98 Å². The van der Waals surface area contributed by atoms with Crippen LogP contribution in [-0.4, -0.2) is 4.98 Å². The molecular weight excluding hydrogens is 152 g/mol. The third-order valence-corrected chi connectivity index (χ3v) is 2.57. The summed E-state index contributed by atoms with van der Waals surface area (Å²) in [7, 11) is 0. The molecule has 0 aromatic carbocycles. The van der Waals surface area contributed by atoms with Crippen molar-refractivity contribution in [3.63, 3.8) is 0 Å². The first-order valence-corrected chi connectivity index (χ1v) is 4.50. The molecule has 1 heterocycles. The Morgan fingerprint density at radius 3 is 2.58 bits per heavy atom. The van der Waals surface area contributed by atoms with Crippen molar-refractivity contribution in [3.8, 4) is 0 Å². The Balaban J connectivity index is 2.25. The van der Waals surface area contributed by atoms with Gasteiger partial charge in [-0.3, -0.25) is 0 Å². The molecule has 66 valence electrons. The molecule has 0 atom stereocenters. The topological polar surface area (TPSA) is 52.0 Å². The highest BCUT2D eigenvalue weighted by Crippen LogP contribution is 2.36. The minimum Gasteiger partial charge on any atom is -0.428 e. The average molecular weight is 166 g/mol. The van der Waals surface area contributed by atoms with Gasteiger partial charge in [0.25, 0.3) is 6.01 Å². The standard InChI is InChI=1S/C9H14N2O/c1-6-8(12-9(10)11-6)7-4-2-3-5-7/h7H,2-5H2,1H3,(H2,10,11). The van der Waals surface area contributed by atoms with E-state index in [-0.39, 0.29) is 0 Å². The maximum atomic E-state index is 5.47. The average Bonchev–Trinajstić information content (AvgIpc) is 2.58. The number of nitrogen functional groups attached to an aromatic ring is 1. The van der Waals surface area contributed by atoms with Crippen LogP contribution in [0.25, 0.3) is 0 Å². The van der Waals surface area contributed by atoms with Gasteiger partial charge in [-0.1, -0.05) is 12.8 Å². The third kappa shape index (κ3) is 1.19. The summed E-state index contributed by atoms with van der Waals surface area (Å²) < 4.78 is 5.36. The molecule has 1 aliphatic carbocycles. The molecule has 1 saturated carbocycles. The second kappa shape index (κ2) is 2.81. The SMILES string of the molecule is Cc1nc(N)oc1C1CCCC1. The number of hydrogen-bond acceptors (Lipinski definition) is 3. The van der Waals surface area contributed by atoms with Crippen LogP contribution < -0.4 is 5.73 Å². The maximum absolute atomic E-state index is 5.47. The summed E-state index contributed by atoms with van der Waals surface area (Å²) in [4.78, 5) is 4.07. The van der Waals surface area contributed by atoms with E-state index in [1.54, 1.807) is 0 Å². The second-order valence-electron chi connectivity index (χ2n) is 3.48. The van der Waals surface area contributed by atoms with Crippen LogP contribution in [0.1, 0.15) is 43.1 Å². The quantitative estimate of drug-likeness (QED) is 0.696. The Labute approximate surface area is 72.0 Å². The van der Waals surface area contributed by atoms with Gasteiger partial charge in [0.15, 0.2) is 0 Å². The van der Waals surface area contributed by atoms with Crippen LogP contribution >= 0.6 is 0 Å². The Hall–Kier alpha value is -0.990. The molecule has 0 bridgehead atoms. The highest BCUT2D eigenvalue weighted by Gasteiger charge is 2.22. The molecule has 1 aromatic heterocycles. The molecule has 0 unspecified atom stereocenters. The normalized spacial score (nSPS) is 18.8. The van der Waals surface area contributed by atoms with Gasteiger partial charge in [-0.05, 0) is 19.8 Å². The van der Waals surface area contributed by atoms with E-state index in [0.717, 1.165) is 11.5 Å². The number of anilines is 1. The molecule has 2 N–H and O–H groups in total. The molecule has 0 radical (unpaired) electrons. The molecular formula is C9H14N2O. The molecule has 0 saturated heterocycles. The molecule has 3 nitrogen and oxygen atoms in total. The van der Waals surface area contributed by atoms with Crippen LogP contribution in [0.3, 0.4) is 0 Å². The fourth-order valence-corrected chi connectivity index (χ4v) is 2.00. The molecule has 3 heteroatoms. The lowest BCUT2D eigenvalue weighted by Crippen LogP contribution is -1.91. The maximum Gasteiger partial charge on any atom is 0.292 e. The van der Waals surface area contributed by atoms with Crippen molar-refractivity contribution in [2.24, 2.45) is 0 Å². The van der Waals surface area contributed by atoms with Crippen LogP contribution in [0, 0.1) is 6.92 Å². The zero-order valence-corrected chi connectivity index (χ0v) is 7.34. The fourth-order valence-electron chi connectivity index (χ4n) is 2.00. The highest BCUT2D eigenvalue weighted by atomic mass is 16.4. The number of rotatable bonds is 1. The summed E-state index contributed by atoms with van der Waals surface area (Å²) >= 11 is 0. The van der Waals surface area contributed by atoms with Gasteiger partial charge in [0.05, 0.1) is 5.69 Å². The summed E-state index contributed by atoms with van der Waals surface area (Å²) in [6, 6.07) is 0.314. The van der Waals surface area contributed by atoms with E-state index in [0.29, 0.717) is 11.9 Å². The van der Waals surface area contributed by atoms with Crippen LogP contribution in [-0.2, 0) is 0 Å². The lowest BCUT2D eigenvalue weighted by Gasteiger charge is -2.03. The fraction of sp³-hybridized carbons (Fsp3) is 0.667. The second-order valence-corrected chi connectivity index (χ2v) is 3.48. The number of aromatic nitrogens is 1. The number of aryl methyl sites for hydroxylation is 1. The van der Waals surface area contributed by atoms with Gasteiger partial charge in [0.2, 0.25) is 0 Å². The zero-order chi connectivity index (χ0) is 8.55. The summed E-state index contributed by atoms with van der Waals surface area (Å²) in [5, 5.41) is 0. The van der Waals surface area contributed by atoms with E-state index in [4.69, 9.17) is 10.2 Å². The van der Waals surface area contributed by atoms with Crippen LogP contribution in [0.5, 0.6) is 0 Å². The Morgan fingerprint density at radius 2 is 2.08 bits per heavy atom. The highest BCUT2D eigenvalue weighted by molar-refractivity contribution is 5.22. The largest absolute Gasteiger partial charge is 0.428 e. The summed E-state index contributed by atoms with van der Waals surface area (Å²) in [5.41, 5.74) is 6.44. The van der Waals surface area contributed by atoms with Crippen molar-refractivity contribution in [1.29, 1.82) is 0 Å². The van der Waals surface area contributed by atoms with Gasteiger partial charge in [0, 0.05) is 5.92 Å². The van der Waals surface area contributed by atoms with Crippen molar-refractivity contribution in [3.05, 3.63) is 11.5 Å². The number of oxazole rings is 1. The zero-order valence-electron chi connectivity index (χ0n) is 7.34. The molecule has 0 amide bonds. The summed E-state index contributed by atoms with van der Waals surface area (Å²) in [6.07, 6.45) is 5.08. The lowest BCUT2D eigenvalue weighted by atomic mass is 10.0. The van der Waals surface area contributed by atoms with Crippen LogP contribution in [0.4, 0.5) is 6.01 Å². The molecule has 0 spiro atoms. The first-order chi connectivity index (χ1) is 5.77. The molecule has 1 aliphatic rings. The van der Waals surface area contributed by atoms with Crippen molar-refractivity contribution in [1.82, 2.24) is 4.98 Å². The summed E-state index contributed by atoms with van der Waals surface area (Å²) in [5.74, 6) is 1.60. The van der Waals surface area contributed by atoms with Gasteiger partial charge >= 0.3 is 0 Å². The van der Waals surface area contributed by atoms with Gasteiger partial charge in [-0.15, -0.1) is 0 Å². The van der Waals surface area contributed by atoms with E-state index in [1.807, 2.05) is 6.92 Å². The van der Waals surface area contributed by atoms with E-state index in [9.17, 15) is 0 Å². The molecule has 2 rings (SSSR count). The van der Waals surface area contributed by atoms with E-state index in [2.05, 4.69) is 4.98 Å². The molecule has 1 fully saturated rings. The van der Waals surface area contributed by atoms with E-state index < -0.39 is 0 Å². The first kappa shape index (κ1) is 7.65. The van der Waals surface area contributed by atoms with Crippen molar-refractivity contribution < 1.29 is 4.42 Å². The Bertz CT molecular complexity index is 274. The van der Waals surface area contributed by atoms with Crippen molar-refractivity contribution in [2.45, 2.75) is 38.5 Å². The minimum absolute atomic E-state index is 0.314. The molecule has 12 heavy (non-hydrogen) atoms. The number of hydrogen-bond donors (Lipinski definition) is 1. The minimum atomic E-state index is 0.314. The number of nitrogens with two attached hydrogens (primary N) is 1. The monoisotopic (exact) mass is 166 g/mol. The lowest BCUT2D eigenvalue weighted by molar-refractivity contribution is 0.473. The van der Waals surface area contributed by atoms with E-state index in [1.165, 1.54) is 25.7 Å². The van der Waals surface area contributed by atoms with Gasteiger partial charge < -0.3 is 10.2 Å². The van der Waals surface area contributed by atoms with Gasteiger partial charge in [-0.25, -0.2) is 0 Å². The molecule has 1 aromatic rings. The Kier molecular flexibility index (Phi) is 1.79. The smallest absolute Gasteiger partial charge is 0.292 e. The van der Waals surface area contributed by atoms with Crippen LogP contribution in [0.15, 0.2) is 4.42 Å². The third-order valence-electron chi connectivity index (χ3n) is 2.57. The number of nitrogens with zero attached hydrogens (tertiary/aromatic N) is 1. The predicted octanol–water partition coefficient (Wildman–Crippen LogP) is 2.22. The van der Waals surface area contributed by atoms with Crippen molar-refractivity contribution in [2.75, 3.05) is 5.73 Å². The van der Waals surface area contributed by atoms with Crippen molar-refractivity contribution >= 4 is 6.01 Å². The molecule has 0 aliphatic heterocycles. The van der Waals surface area contributed by atoms with Gasteiger partial charge in [0.1, 0.15) is 5.76 Å². The first-order valence-electron chi connectivity index (χ1n) is 4.50. The predicted molar refractivity (Wildman–Crippen MR) is 46.9 cm³/mol. The van der Waals surface area contributed by atoms with E-state index >= 15 is 0 Å². The Morgan fingerprint density at radius 1 is 1.42 bits per heavy atom. The summed E-state index contributed by atoms with van der Waals surface area (Å²) in [6.45, 7) is 1.97. The van der Waals surface area contributed by atoms with Crippen LogP contribution in [0.2, 0.25) is 0 Å².